The second-order valence-corrected chi connectivity index (χ2v) is 6.62. The van der Waals surface area contributed by atoms with Crippen LogP contribution in [-0.4, -0.2) is 11.5 Å². The molecule has 0 aliphatic rings. The zero-order valence-corrected chi connectivity index (χ0v) is 15.0. The largest absolute Gasteiger partial charge is 0.310 e. The fourth-order valence-electron chi connectivity index (χ4n) is 2.11. The highest BCUT2D eigenvalue weighted by Gasteiger charge is 2.16. The van der Waals surface area contributed by atoms with E-state index < -0.39 is 0 Å². The van der Waals surface area contributed by atoms with Crippen LogP contribution in [0.2, 0.25) is 5.02 Å². The van der Waals surface area contributed by atoms with Gasteiger partial charge in [-0.15, -0.1) is 0 Å². The zero-order chi connectivity index (χ0) is 14.5. The first-order valence-corrected chi connectivity index (χ1v) is 8.35. The van der Waals surface area contributed by atoms with Crippen LogP contribution in [-0.2, 0) is 6.42 Å². The molecule has 0 fully saturated rings. The molecule has 1 aromatic carbocycles. The van der Waals surface area contributed by atoms with Crippen LogP contribution in [0.5, 0.6) is 0 Å². The minimum absolute atomic E-state index is 0.201. The minimum atomic E-state index is 0.201. The lowest BCUT2D eigenvalue weighted by Crippen LogP contribution is -2.23. The lowest BCUT2D eigenvalue weighted by molar-refractivity contribution is 0.547. The fourth-order valence-corrected chi connectivity index (χ4v) is 3.21. The summed E-state index contributed by atoms with van der Waals surface area (Å²) < 4.78 is 2.16. The van der Waals surface area contributed by atoms with Gasteiger partial charge < -0.3 is 5.32 Å². The van der Waals surface area contributed by atoms with E-state index in [9.17, 15) is 0 Å². The molecule has 0 spiro atoms. The highest BCUT2D eigenvalue weighted by Crippen LogP contribution is 2.30. The summed E-state index contributed by atoms with van der Waals surface area (Å²) in [5.74, 6) is 0. The number of hydrogen-bond acceptors (Lipinski definition) is 2. The summed E-state index contributed by atoms with van der Waals surface area (Å²) in [5.41, 5.74) is 2.31. The molecule has 2 aromatic rings. The van der Waals surface area contributed by atoms with Gasteiger partial charge in [0.1, 0.15) is 0 Å². The number of rotatable bonds is 5. The van der Waals surface area contributed by atoms with Gasteiger partial charge in [-0.25, -0.2) is 0 Å². The lowest BCUT2D eigenvalue weighted by atomic mass is 9.99. The summed E-state index contributed by atoms with van der Waals surface area (Å²) in [6, 6.07) is 8.38. The highest BCUT2D eigenvalue weighted by molar-refractivity contribution is 9.11. The molecular weight excluding hydrogens is 403 g/mol. The van der Waals surface area contributed by atoms with Crippen molar-refractivity contribution in [1.29, 1.82) is 0 Å². The van der Waals surface area contributed by atoms with Gasteiger partial charge in [0.25, 0.3) is 0 Å². The van der Waals surface area contributed by atoms with Crippen molar-refractivity contribution in [3.8, 4) is 0 Å². The molecule has 0 aliphatic carbocycles. The Labute approximate surface area is 141 Å². The van der Waals surface area contributed by atoms with E-state index in [2.05, 4.69) is 61.2 Å². The Morgan fingerprint density at radius 3 is 2.80 bits per heavy atom. The van der Waals surface area contributed by atoms with E-state index in [4.69, 9.17) is 11.6 Å². The average Bonchev–Trinajstić information content (AvgIpc) is 2.43. The van der Waals surface area contributed by atoms with Gasteiger partial charge in [-0.1, -0.05) is 50.4 Å². The van der Waals surface area contributed by atoms with Crippen molar-refractivity contribution in [1.82, 2.24) is 10.3 Å². The van der Waals surface area contributed by atoms with Crippen LogP contribution in [0.4, 0.5) is 0 Å². The molecule has 5 heteroatoms. The number of hydrogen-bond donors (Lipinski definition) is 1. The summed E-state index contributed by atoms with van der Waals surface area (Å²) in [5, 5.41) is 4.22. The number of benzene rings is 1. The number of aromatic nitrogens is 1. The normalized spacial score (nSPS) is 12.4. The summed E-state index contributed by atoms with van der Waals surface area (Å²) in [4.78, 5) is 4.03. The van der Waals surface area contributed by atoms with E-state index in [1.54, 1.807) is 12.4 Å². The first-order valence-electron chi connectivity index (χ1n) is 6.38. The lowest BCUT2D eigenvalue weighted by Gasteiger charge is -2.20. The Bertz CT molecular complexity index is 590. The standard InChI is InChI=1S/C15H15Br2ClN2/c1-2-20-15(7-10-5-6-19-9-14(10)18)12-8-11(16)3-4-13(12)17/h3-6,8-9,15,20H,2,7H2,1H3. The molecule has 0 amide bonds. The fraction of sp³-hybridized carbons (Fsp3) is 0.267. The van der Waals surface area contributed by atoms with E-state index in [-0.39, 0.29) is 6.04 Å². The van der Waals surface area contributed by atoms with Crippen LogP contribution < -0.4 is 5.32 Å². The molecule has 1 atom stereocenters. The van der Waals surface area contributed by atoms with Crippen molar-refractivity contribution in [2.45, 2.75) is 19.4 Å². The van der Waals surface area contributed by atoms with Gasteiger partial charge in [-0.05, 0) is 48.4 Å². The number of likely N-dealkylation sites (N-methyl/N-ethyl adjacent to an activating group) is 1. The van der Waals surface area contributed by atoms with Gasteiger partial charge >= 0.3 is 0 Å². The van der Waals surface area contributed by atoms with Gasteiger partial charge in [-0.2, -0.15) is 0 Å². The minimum Gasteiger partial charge on any atom is -0.310 e. The third kappa shape index (κ3) is 4.04. The van der Waals surface area contributed by atoms with Gasteiger partial charge in [0.2, 0.25) is 0 Å². The third-order valence-electron chi connectivity index (χ3n) is 3.06. The molecule has 1 heterocycles. The molecule has 0 bridgehead atoms. The molecule has 106 valence electrons. The number of pyridine rings is 1. The maximum Gasteiger partial charge on any atom is 0.0622 e. The van der Waals surface area contributed by atoms with E-state index in [1.165, 1.54) is 5.56 Å². The topological polar surface area (TPSA) is 24.9 Å². The summed E-state index contributed by atoms with van der Waals surface area (Å²) in [6.45, 7) is 3.00. The molecule has 0 radical (unpaired) electrons. The molecular formula is C15H15Br2ClN2. The number of nitrogens with zero attached hydrogens (tertiary/aromatic N) is 1. The predicted molar refractivity (Wildman–Crippen MR) is 91.2 cm³/mol. The Morgan fingerprint density at radius 1 is 1.30 bits per heavy atom. The van der Waals surface area contributed by atoms with Crippen molar-refractivity contribution >= 4 is 43.5 Å². The predicted octanol–water partition coefficient (Wildman–Crippen LogP) is 5.15. The summed E-state index contributed by atoms with van der Waals surface area (Å²) in [7, 11) is 0. The average molecular weight is 419 g/mol. The van der Waals surface area contributed by atoms with Gasteiger partial charge in [0, 0.05) is 27.4 Å². The van der Waals surface area contributed by atoms with Crippen LogP contribution in [0.15, 0.2) is 45.6 Å². The van der Waals surface area contributed by atoms with Crippen LogP contribution in [0.25, 0.3) is 0 Å². The molecule has 1 aromatic heterocycles. The molecule has 2 rings (SSSR count). The second kappa shape index (κ2) is 7.55. The monoisotopic (exact) mass is 416 g/mol. The summed E-state index contributed by atoms with van der Waals surface area (Å²) >= 11 is 13.4. The molecule has 2 nitrogen and oxygen atoms in total. The first-order chi connectivity index (χ1) is 9.61. The Hall–Kier alpha value is -0.420. The molecule has 20 heavy (non-hydrogen) atoms. The maximum absolute atomic E-state index is 6.22. The van der Waals surface area contributed by atoms with Crippen molar-refractivity contribution in [2.24, 2.45) is 0 Å². The van der Waals surface area contributed by atoms with Gasteiger partial charge in [0.05, 0.1) is 5.02 Å². The van der Waals surface area contributed by atoms with Crippen LogP contribution >= 0.6 is 43.5 Å². The van der Waals surface area contributed by atoms with Crippen molar-refractivity contribution in [3.63, 3.8) is 0 Å². The van der Waals surface area contributed by atoms with Crippen molar-refractivity contribution in [2.75, 3.05) is 6.54 Å². The highest BCUT2D eigenvalue weighted by atomic mass is 79.9. The quantitative estimate of drug-likeness (QED) is 0.726. The first kappa shape index (κ1) is 16.0. The smallest absolute Gasteiger partial charge is 0.0622 e. The Morgan fingerprint density at radius 2 is 2.10 bits per heavy atom. The van der Waals surface area contributed by atoms with Crippen molar-refractivity contribution < 1.29 is 0 Å². The Kier molecular flexibility index (Phi) is 6.02. The van der Waals surface area contributed by atoms with Crippen LogP contribution in [0.1, 0.15) is 24.1 Å². The van der Waals surface area contributed by atoms with Gasteiger partial charge in [-0.3, -0.25) is 4.98 Å². The Balaban J connectivity index is 2.32. The molecule has 1 N–H and O–H groups in total. The summed E-state index contributed by atoms with van der Waals surface area (Å²) in [6.07, 6.45) is 4.29. The van der Waals surface area contributed by atoms with E-state index in [1.807, 2.05) is 12.1 Å². The third-order valence-corrected chi connectivity index (χ3v) is 4.62. The molecule has 0 saturated heterocycles. The molecule has 0 aliphatic heterocycles. The van der Waals surface area contributed by atoms with E-state index >= 15 is 0 Å². The van der Waals surface area contributed by atoms with Crippen LogP contribution in [0.3, 0.4) is 0 Å². The second-order valence-electron chi connectivity index (χ2n) is 4.45. The maximum atomic E-state index is 6.22. The zero-order valence-electron chi connectivity index (χ0n) is 11.0. The number of nitrogens with one attached hydrogen (secondary N) is 1. The van der Waals surface area contributed by atoms with Crippen LogP contribution in [0, 0.1) is 0 Å². The number of halogens is 3. The molecule has 1 unspecified atom stereocenters. The van der Waals surface area contributed by atoms with E-state index in [0.29, 0.717) is 5.02 Å². The molecule has 0 saturated carbocycles. The SMILES string of the molecule is CCNC(Cc1ccncc1Cl)c1cc(Br)ccc1Br. The van der Waals surface area contributed by atoms with E-state index in [0.717, 1.165) is 27.5 Å². The van der Waals surface area contributed by atoms with Gasteiger partial charge in [0.15, 0.2) is 0 Å². The van der Waals surface area contributed by atoms with Crippen molar-refractivity contribution in [3.05, 3.63) is 61.8 Å².